The van der Waals surface area contributed by atoms with Gasteiger partial charge < -0.3 is 15.5 Å². The van der Waals surface area contributed by atoms with Crippen molar-refractivity contribution in [1.82, 2.24) is 10.2 Å². The van der Waals surface area contributed by atoms with Crippen molar-refractivity contribution in [1.29, 1.82) is 0 Å². The molecule has 5 heteroatoms. The number of rotatable bonds is 7. The maximum absolute atomic E-state index is 12.3. The molecule has 0 atom stereocenters. The molecule has 140 valence electrons. The van der Waals surface area contributed by atoms with Gasteiger partial charge in [-0.15, -0.1) is 12.4 Å². The number of anilines is 1. The number of carbonyl (C=O) groups is 1. The molecule has 0 saturated carbocycles. The second-order valence-electron chi connectivity index (χ2n) is 6.75. The highest BCUT2D eigenvalue weighted by molar-refractivity contribution is 6.04. The Morgan fingerprint density at radius 1 is 1.08 bits per heavy atom. The van der Waals surface area contributed by atoms with Crippen LogP contribution in [0.5, 0.6) is 0 Å². The van der Waals surface area contributed by atoms with Crippen LogP contribution in [0.25, 0.3) is 0 Å². The first-order valence-corrected chi connectivity index (χ1v) is 9.11. The highest BCUT2D eigenvalue weighted by Gasteiger charge is 2.10. The molecule has 0 aliphatic carbocycles. The molecule has 1 heterocycles. The summed E-state index contributed by atoms with van der Waals surface area (Å²) in [6, 6.07) is 15.7. The Labute approximate surface area is 162 Å². The largest absolute Gasteiger partial charge is 0.322 e. The number of benzene rings is 2. The van der Waals surface area contributed by atoms with E-state index in [-0.39, 0.29) is 18.3 Å². The van der Waals surface area contributed by atoms with E-state index >= 15 is 0 Å². The van der Waals surface area contributed by atoms with Crippen molar-refractivity contribution in [3.05, 3.63) is 65.2 Å². The third-order valence-corrected chi connectivity index (χ3v) is 4.63. The van der Waals surface area contributed by atoms with Crippen LogP contribution in [0, 0.1) is 6.92 Å². The molecule has 1 saturated heterocycles. The molecule has 0 radical (unpaired) electrons. The lowest BCUT2D eigenvalue weighted by atomic mass is 10.1. The van der Waals surface area contributed by atoms with Crippen LogP contribution in [-0.4, -0.2) is 37.0 Å². The molecular weight excluding hydrogens is 346 g/mol. The van der Waals surface area contributed by atoms with Crippen molar-refractivity contribution >= 4 is 24.0 Å². The van der Waals surface area contributed by atoms with Crippen LogP contribution < -0.4 is 10.6 Å². The summed E-state index contributed by atoms with van der Waals surface area (Å²) in [7, 11) is 0. The fraction of sp³-hybridized carbons (Fsp3) is 0.381. The van der Waals surface area contributed by atoms with E-state index in [9.17, 15) is 4.79 Å². The SMILES string of the molecule is Cc1ccc(C(=O)Nc2cccc(CNCCN3CCCC3)c2)cc1.Cl. The van der Waals surface area contributed by atoms with Gasteiger partial charge in [0.1, 0.15) is 0 Å². The number of hydrogen-bond acceptors (Lipinski definition) is 3. The Morgan fingerprint density at radius 2 is 1.81 bits per heavy atom. The van der Waals surface area contributed by atoms with Crippen molar-refractivity contribution in [2.45, 2.75) is 26.3 Å². The van der Waals surface area contributed by atoms with Crippen LogP contribution in [0.15, 0.2) is 48.5 Å². The maximum Gasteiger partial charge on any atom is 0.255 e. The fourth-order valence-corrected chi connectivity index (χ4v) is 3.14. The van der Waals surface area contributed by atoms with E-state index in [0.29, 0.717) is 5.56 Å². The van der Waals surface area contributed by atoms with Crippen molar-refractivity contribution in [3.8, 4) is 0 Å². The summed E-state index contributed by atoms with van der Waals surface area (Å²) in [4.78, 5) is 14.8. The maximum atomic E-state index is 12.3. The number of nitrogens with zero attached hydrogens (tertiary/aromatic N) is 1. The molecule has 0 aromatic heterocycles. The standard InChI is InChI=1S/C21H27N3O.ClH/c1-17-7-9-19(10-8-17)21(25)23-20-6-4-5-18(15-20)16-22-11-14-24-12-2-3-13-24;/h4-10,15,22H,2-3,11-14,16H2,1H3,(H,23,25);1H. The van der Waals surface area contributed by atoms with Gasteiger partial charge in [0.25, 0.3) is 5.91 Å². The molecule has 2 N–H and O–H groups in total. The molecule has 1 fully saturated rings. The zero-order chi connectivity index (χ0) is 17.5. The van der Waals surface area contributed by atoms with Gasteiger partial charge in [-0.3, -0.25) is 4.79 Å². The predicted molar refractivity (Wildman–Crippen MR) is 110 cm³/mol. The number of nitrogens with one attached hydrogen (secondary N) is 2. The first-order chi connectivity index (χ1) is 12.2. The van der Waals surface area contributed by atoms with E-state index < -0.39 is 0 Å². The van der Waals surface area contributed by atoms with Crippen molar-refractivity contribution in [2.75, 3.05) is 31.5 Å². The Balaban J connectivity index is 0.00000243. The molecule has 4 nitrogen and oxygen atoms in total. The minimum Gasteiger partial charge on any atom is -0.322 e. The second-order valence-corrected chi connectivity index (χ2v) is 6.75. The zero-order valence-electron chi connectivity index (χ0n) is 15.3. The number of amides is 1. The van der Waals surface area contributed by atoms with Crippen LogP contribution in [0.2, 0.25) is 0 Å². The number of aryl methyl sites for hydroxylation is 1. The molecule has 1 aliphatic heterocycles. The van der Waals surface area contributed by atoms with Gasteiger partial charge in [0.15, 0.2) is 0 Å². The highest BCUT2D eigenvalue weighted by atomic mass is 35.5. The molecule has 1 aliphatic rings. The van der Waals surface area contributed by atoms with E-state index in [2.05, 4.69) is 21.6 Å². The number of likely N-dealkylation sites (tertiary alicyclic amines) is 1. The van der Waals surface area contributed by atoms with Gasteiger partial charge in [-0.1, -0.05) is 29.8 Å². The molecule has 0 unspecified atom stereocenters. The van der Waals surface area contributed by atoms with Gasteiger partial charge in [-0.2, -0.15) is 0 Å². The Bertz CT molecular complexity index is 697. The van der Waals surface area contributed by atoms with Gasteiger partial charge >= 0.3 is 0 Å². The van der Waals surface area contributed by atoms with Gasteiger partial charge in [0, 0.05) is 30.9 Å². The quantitative estimate of drug-likeness (QED) is 0.724. The number of halogens is 1. The fourth-order valence-electron chi connectivity index (χ4n) is 3.14. The average molecular weight is 374 g/mol. The van der Waals surface area contributed by atoms with E-state index in [4.69, 9.17) is 0 Å². The third-order valence-electron chi connectivity index (χ3n) is 4.63. The van der Waals surface area contributed by atoms with Gasteiger partial charge in [-0.25, -0.2) is 0 Å². The number of hydrogen-bond donors (Lipinski definition) is 2. The lowest BCUT2D eigenvalue weighted by Crippen LogP contribution is -2.29. The molecule has 3 rings (SSSR count). The first kappa shape index (κ1) is 20.4. The van der Waals surface area contributed by atoms with Crippen LogP contribution in [0.4, 0.5) is 5.69 Å². The highest BCUT2D eigenvalue weighted by Crippen LogP contribution is 2.13. The normalized spacial score (nSPS) is 14.0. The van der Waals surface area contributed by atoms with Crippen LogP contribution in [-0.2, 0) is 6.54 Å². The van der Waals surface area contributed by atoms with Crippen molar-refractivity contribution in [2.24, 2.45) is 0 Å². The Morgan fingerprint density at radius 3 is 2.54 bits per heavy atom. The summed E-state index contributed by atoms with van der Waals surface area (Å²) in [5.41, 5.74) is 3.85. The van der Waals surface area contributed by atoms with Gasteiger partial charge in [0.05, 0.1) is 0 Å². The van der Waals surface area contributed by atoms with E-state index in [1.807, 2.05) is 49.4 Å². The van der Waals surface area contributed by atoms with E-state index in [1.165, 1.54) is 31.5 Å². The van der Waals surface area contributed by atoms with Crippen molar-refractivity contribution < 1.29 is 4.79 Å². The molecular formula is C21H28ClN3O. The average Bonchev–Trinajstić information content (AvgIpc) is 3.13. The zero-order valence-corrected chi connectivity index (χ0v) is 16.1. The minimum atomic E-state index is -0.0702. The van der Waals surface area contributed by atoms with E-state index in [1.54, 1.807) is 0 Å². The van der Waals surface area contributed by atoms with Crippen molar-refractivity contribution in [3.63, 3.8) is 0 Å². The van der Waals surface area contributed by atoms with Crippen LogP contribution >= 0.6 is 12.4 Å². The lowest BCUT2D eigenvalue weighted by Gasteiger charge is -2.15. The number of carbonyl (C=O) groups excluding carboxylic acids is 1. The molecule has 2 aromatic rings. The summed E-state index contributed by atoms with van der Waals surface area (Å²) >= 11 is 0. The first-order valence-electron chi connectivity index (χ1n) is 9.11. The van der Waals surface area contributed by atoms with E-state index in [0.717, 1.165) is 30.9 Å². The smallest absolute Gasteiger partial charge is 0.255 e. The summed E-state index contributed by atoms with van der Waals surface area (Å²) < 4.78 is 0. The van der Waals surface area contributed by atoms with Crippen LogP contribution in [0.1, 0.15) is 34.3 Å². The minimum absolute atomic E-state index is 0. The molecule has 2 aromatic carbocycles. The van der Waals surface area contributed by atoms with Gasteiger partial charge in [0.2, 0.25) is 0 Å². The third kappa shape index (κ3) is 6.13. The second kappa shape index (κ2) is 10.3. The Kier molecular flexibility index (Phi) is 8.10. The predicted octanol–water partition coefficient (Wildman–Crippen LogP) is 3.85. The lowest BCUT2D eigenvalue weighted by molar-refractivity contribution is 0.102. The summed E-state index contributed by atoms with van der Waals surface area (Å²) in [6.07, 6.45) is 2.67. The summed E-state index contributed by atoms with van der Waals surface area (Å²) in [5.74, 6) is -0.0702. The molecule has 0 bridgehead atoms. The molecule has 1 amide bonds. The summed E-state index contributed by atoms with van der Waals surface area (Å²) in [6.45, 7) is 7.43. The topological polar surface area (TPSA) is 44.4 Å². The molecule has 0 spiro atoms. The molecule has 26 heavy (non-hydrogen) atoms. The van der Waals surface area contributed by atoms with Crippen LogP contribution in [0.3, 0.4) is 0 Å². The Hall–Kier alpha value is -1.88. The van der Waals surface area contributed by atoms with Gasteiger partial charge in [-0.05, 0) is 62.7 Å². The summed E-state index contributed by atoms with van der Waals surface area (Å²) in [5, 5.41) is 6.47. The monoisotopic (exact) mass is 373 g/mol.